The lowest BCUT2D eigenvalue weighted by Crippen LogP contribution is -2.48. The van der Waals surface area contributed by atoms with Crippen molar-refractivity contribution in [3.63, 3.8) is 0 Å². The van der Waals surface area contributed by atoms with E-state index in [1.807, 2.05) is 0 Å². The van der Waals surface area contributed by atoms with Gasteiger partial charge in [-0.1, -0.05) is 6.92 Å². The molecule has 3 atom stereocenters. The number of carbonyl (C=O) groups excluding carboxylic acids is 1. The Morgan fingerprint density at radius 2 is 1.90 bits per heavy atom. The number of halogens is 1. The Bertz CT molecular complexity index is 655. The van der Waals surface area contributed by atoms with E-state index in [1.54, 1.807) is 18.9 Å². The summed E-state index contributed by atoms with van der Waals surface area (Å²) in [7, 11) is 3.80. The van der Waals surface area contributed by atoms with Crippen LogP contribution in [0.3, 0.4) is 0 Å². The smallest absolute Gasteiger partial charge is 0.322 e. The summed E-state index contributed by atoms with van der Waals surface area (Å²) < 4.78 is 24.3. The Labute approximate surface area is 185 Å². The number of methoxy groups -OCH3 is 1. The van der Waals surface area contributed by atoms with Crippen molar-refractivity contribution < 1.29 is 23.8 Å². The molecule has 31 heavy (non-hydrogen) atoms. The maximum absolute atomic E-state index is 13.1. The average Bonchev–Trinajstić information content (AvgIpc) is 2.77. The first-order valence-electron chi connectivity index (χ1n) is 11.1. The number of nitrogens with one attached hydrogen (secondary N) is 1. The molecule has 1 saturated heterocycles. The molecule has 1 aliphatic rings. The number of amides is 2. The van der Waals surface area contributed by atoms with Crippen LogP contribution in [0.1, 0.15) is 26.7 Å². The van der Waals surface area contributed by atoms with Gasteiger partial charge in [0.1, 0.15) is 5.82 Å². The minimum atomic E-state index is -0.361. The largest absolute Gasteiger partial charge is 0.394 e. The summed E-state index contributed by atoms with van der Waals surface area (Å²) in [6.45, 7) is 7.56. The molecule has 2 rings (SSSR count). The van der Waals surface area contributed by atoms with Crippen LogP contribution in [-0.4, -0.2) is 86.7 Å². The SMILES string of the molecule is CO[C@@H](CN(C)CC1CCOCC1)[C@H](C)CN(C(=O)Nc1ccc(F)cc1)[C@H](C)CO. The lowest BCUT2D eigenvalue weighted by Gasteiger charge is -2.35. The van der Waals surface area contributed by atoms with Crippen molar-refractivity contribution in [2.24, 2.45) is 11.8 Å². The minimum absolute atomic E-state index is 0.0510. The van der Waals surface area contributed by atoms with E-state index in [0.29, 0.717) is 18.2 Å². The summed E-state index contributed by atoms with van der Waals surface area (Å²) in [6, 6.07) is 4.94. The highest BCUT2D eigenvalue weighted by atomic mass is 19.1. The number of aliphatic hydroxyl groups is 1. The standard InChI is InChI=1S/C23H38FN3O4/c1-17(22(30-4)15-26(3)14-19-9-11-31-12-10-19)13-27(18(2)16-28)23(29)25-21-7-5-20(24)6-8-21/h5-8,17-19,22,28H,9-16H2,1-4H3,(H,25,29)/t17-,18-,22+/m1/s1. The Morgan fingerprint density at radius 3 is 2.48 bits per heavy atom. The summed E-state index contributed by atoms with van der Waals surface area (Å²) in [6.07, 6.45) is 2.11. The van der Waals surface area contributed by atoms with E-state index in [9.17, 15) is 14.3 Å². The van der Waals surface area contributed by atoms with Crippen molar-refractivity contribution in [2.75, 3.05) is 58.9 Å². The number of carbonyl (C=O) groups is 1. The summed E-state index contributed by atoms with van der Waals surface area (Å²) in [5.74, 6) is 0.328. The zero-order valence-corrected chi connectivity index (χ0v) is 19.2. The fraction of sp³-hybridized carbons (Fsp3) is 0.696. The fourth-order valence-corrected chi connectivity index (χ4v) is 3.96. The van der Waals surface area contributed by atoms with Crippen LogP contribution in [0, 0.1) is 17.7 Å². The number of ether oxygens (including phenoxy) is 2. The van der Waals surface area contributed by atoms with Gasteiger partial charge in [-0.05, 0) is 57.0 Å². The van der Waals surface area contributed by atoms with Crippen molar-refractivity contribution in [3.8, 4) is 0 Å². The second kappa shape index (κ2) is 13.0. The van der Waals surface area contributed by atoms with Crippen molar-refractivity contribution in [1.82, 2.24) is 9.80 Å². The fourth-order valence-electron chi connectivity index (χ4n) is 3.96. The molecule has 0 aliphatic carbocycles. The molecule has 1 fully saturated rings. The Hall–Kier alpha value is -1.74. The lowest BCUT2D eigenvalue weighted by molar-refractivity contribution is 0.00866. The molecule has 1 aromatic carbocycles. The second-order valence-corrected chi connectivity index (χ2v) is 8.65. The number of hydrogen-bond donors (Lipinski definition) is 2. The molecule has 1 aliphatic heterocycles. The van der Waals surface area contributed by atoms with Crippen molar-refractivity contribution >= 4 is 11.7 Å². The van der Waals surface area contributed by atoms with Gasteiger partial charge in [0, 0.05) is 51.6 Å². The van der Waals surface area contributed by atoms with Crippen molar-refractivity contribution in [1.29, 1.82) is 0 Å². The van der Waals surface area contributed by atoms with Crippen LogP contribution in [0.4, 0.5) is 14.9 Å². The Balaban J connectivity index is 1.95. The Kier molecular flexibility index (Phi) is 10.7. The van der Waals surface area contributed by atoms with Gasteiger partial charge in [0.15, 0.2) is 0 Å². The van der Waals surface area contributed by atoms with Crippen LogP contribution in [0.2, 0.25) is 0 Å². The zero-order valence-electron chi connectivity index (χ0n) is 19.2. The maximum atomic E-state index is 13.1. The topological polar surface area (TPSA) is 74.3 Å². The van der Waals surface area contributed by atoms with Gasteiger partial charge in [0.2, 0.25) is 0 Å². The molecule has 0 unspecified atom stereocenters. The highest BCUT2D eigenvalue weighted by Gasteiger charge is 2.27. The monoisotopic (exact) mass is 439 g/mol. The normalized spacial score (nSPS) is 17.9. The van der Waals surface area contributed by atoms with Crippen LogP contribution in [0.5, 0.6) is 0 Å². The van der Waals surface area contributed by atoms with Gasteiger partial charge in [0.05, 0.1) is 18.8 Å². The van der Waals surface area contributed by atoms with E-state index in [1.165, 1.54) is 24.3 Å². The molecular weight excluding hydrogens is 401 g/mol. The van der Waals surface area contributed by atoms with Crippen LogP contribution < -0.4 is 5.32 Å². The molecular formula is C23H38FN3O4. The molecule has 8 heteroatoms. The van der Waals surface area contributed by atoms with E-state index in [0.717, 1.165) is 39.1 Å². The van der Waals surface area contributed by atoms with Crippen molar-refractivity contribution in [3.05, 3.63) is 30.1 Å². The molecule has 0 spiro atoms. The van der Waals surface area contributed by atoms with Crippen LogP contribution in [-0.2, 0) is 9.47 Å². The van der Waals surface area contributed by atoms with E-state index in [4.69, 9.17) is 9.47 Å². The first-order valence-corrected chi connectivity index (χ1v) is 11.1. The van der Waals surface area contributed by atoms with Gasteiger partial charge in [-0.2, -0.15) is 0 Å². The predicted octanol–water partition coefficient (Wildman–Crippen LogP) is 3.05. The minimum Gasteiger partial charge on any atom is -0.394 e. The summed E-state index contributed by atoms with van der Waals surface area (Å²) in [5, 5.41) is 12.5. The number of nitrogens with zero attached hydrogens (tertiary/aromatic N) is 2. The average molecular weight is 440 g/mol. The van der Waals surface area contributed by atoms with E-state index in [-0.39, 0.29) is 36.5 Å². The van der Waals surface area contributed by atoms with E-state index >= 15 is 0 Å². The zero-order chi connectivity index (χ0) is 22.8. The third-order valence-corrected chi connectivity index (χ3v) is 5.98. The molecule has 2 N–H and O–H groups in total. The van der Waals surface area contributed by atoms with Gasteiger partial charge in [-0.3, -0.25) is 0 Å². The molecule has 0 radical (unpaired) electrons. The third kappa shape index (κ3) is 8.37. The number of benzene rings is 1. The maximum Gasteiger partial charge on any atom is 0.322 e. The molecule has 0 saturated carbocycles. The summed E-state index contributed by atoms with van der Waals surface area (Å²) >= 11 is 0. The van der Waals surface area contributed by atoms with E-state index in [2.05, 4.69) is 24.2 Å². The Morgan fingerprint density at radius 1 is 1.26 bits per heavy atom. The highest BCUT2D eigenvalue weighted by Crippen LogP contribution is 2.18. The highest BCUT2D eigenvalue weighted by molar-refractivity contribution is 5.89. The third-order valence-electron chi connectivity index (χ3n) is 5.98. The van der Waals surface area contributed by atoms with Crippen LogP contribution >= 0.6 is 0 Å². The van der Waals surface area contributed by atoms with Gasteiger partial charge in [0.25, 0.3) is 0 Å². The van der Waals surface area contributed by atoms with Gasteiger partial charge >= 0.3 is 6.03 Å². The lowest BCUT2D eigenvalue weighted by atomic mass is 9.98. The first kappa shape index (κ1) is 25.5. The number of aliphatic hydroxyl groups excluding tert-OH is 1. The number of hydrogen-bond acceptors (Lipinski definition) is 5. The molecule has 176 valence electrons. The first-order chi connectivity index (χ1) is 14.8. The molecule has 0 aromatic heterocycles. The quantitative estimate of drug-likeness (QED) is 0.554. The molecule has 2 amide bonds. The van der Waals surface area contributed by atoms with Crippen molar-refractivity contribution in [2.45, 2.75) is 38.8 Å². The molecule has 7 nitrogen and oxygen atoms in total. The molecule has 1 heterocycles. The van der Waals surface area contributed by atoms with Gasteiger partial charge in [-0.25, -0.2) is 9.18 Å². The van der Waals surface area contributed by atoms with Gasteiger partial charge in [-0.15, -0.1) is 0 Å². The predicted molar refractivity (Wildman–Crippen MR) is 120 cm³/mol. The summed E-state index contributed by atoms with van der Waals surface area (Å²) in [4.78, 5) is 16.8. The van der Waals surface area contributed by atoms with E-state index < -0.39 is 0 Å². The molecule has 0 bridgehead atoms. The number of likely N-dealkylation sites (N-methyl/N-ethyl adjacent to an activating group) is 1. The van der Waals surface area contributed by atoms with Gasteiger partial charge < -0.3 is 29.7 Å². The van der Waals surface area contributed by atoms with Crippen LogP contribution in [0.25, 0.3) is 0 Å². The molecule has 1 aromatic rings. The summed E-state index contributed by atoms with van der Waals surface area (Å²) in [5.41, 5.74) is 0.508. The second-order valence-electron chi connectivity index (χ2n) is 8.65. The number of anilines is 1. The number of rotatable bonds is 11. The van der Waals surface area contributed by atoms with Crippen LogP contribution in [0.15, 0.2) is 24.3 Å². The number of urea groups is 1.